The molecular formula is C13H18N4. The van der Waals surface area contributed by atoms with Crippen LogP contribution in [0.3, 0.4) is 0 Å². The Morgan fingerprint density at radius 2 is 2.29 bits per heavy atom. The SMILES string of the molecule is Cc1cc2ncc(CNC3CC3(C)C)cn2n1. The van der Waals surface area contributed by atoms with Gasteiger partial charge in [-0.1, -0.05) is 13.8 Å². The Balaban J connectivity index is 1.73. The van der Waals surface area contributed by atoms with Gasteiger partial charge >= 0.3 is 0 Å². The number of fused-ring (bicyclic) bond motifs is 1. The van der Waals surface area contributed by atoms with E-state index in [-0.39, 0.29) is 0 Å². The van der Waals surface area contributed by atoms with Crippen molar-refractivity contribution >= 4 is 5.65 Å². The van der Waals surface area contributed by atoms with Crippen molar-refractivity contribution in [2.75, 3.05) is 0 Å². The van der Waals surface area contributed by atoms with Crippen LogP contribution in [0.15, 0.2) is 18.5 Å². The summed E-state index contributed by atoms with van der Waals surface area (Å²) in [5, 5.41) is 7.93. The van der Waals surface area contributed by atoms with Gasteiger partial charge in [0, 0.05) is 36.6 Å². The van der Waals surface area contributed by atoms with Gasteiger partial charge in [-0.15, -0.1) is 0 Å². The highest BCUT2D eigenvalue weighted by atomic mass is 15.2. The third-order valence-electron chi connectivity index (χ3n) is 3.55. The normalized spacial score (nSPS) is 21.9. The maximum Gasteiger partial charge on any atom is 0.155 e. The smallest absolute Gasteiger partial charge is 0.155 e. The van der Waals surface area contributed by atoms with Crippen LogP contribution in [0.25, 0.3) is 5.65 Å². The quantitative estimate of drug-likeness (QED) is 0.876. The van der Waals surface area contributed by atoms with Crippen molar-refractivity contribution in [2.45, 2.75) is 39.8 Å². The molecule has 17 heavy (non-hydrogen) atoms. The Labute approximate surface area is 101 Å². The Bertz CT molecular complexity index is 556. The van der Waals surface area contributed by atoms with Crippen LogP contribution in [0.1, 0.15) is 31.5 Å². The minimum absolute atomic E-state index is 0.472. The van der Waals surface area contributed by atoms with E-state index in [4.69, 9.17) is 0 Å². The first kappa shape index (κ1) is 10.7. The molecule has 2 aromatic rings. The molecule has 0 aromatic carbocycles. The van der Waals surface area contributed by atoms with E-state index in [9.17, 15) is 0 Å². The number of aromatic nitrogens is 3. The molecule has 3 rings (SSSR count). The summed E-state index contributed by atoms with van der Waals surface area (Å²) >= 11 is 0. The molecule has 0 bridgehead atoms. The van der Waals surface area contributed by atoms with Gasteiger partial charge in [0.25, 0.3) is 0 Å². The zero-order valence-corrected chi connectivity index (χ0v) is 10.6. The zero-order chi connectivity index (χ0) is 12.0. The molecule has 1 unspecified atom stereocenters. The van der Waals surface area contributed by atoms with Crippen molar-refractivity contribution in [1.29, 1.82) is 0 Å². The lowest BCUT2D eigenvalue weighted by Gasteiger charge is -2.06. The van der Waals surface area contributed by atoms with E-state index in [1.807, 2.05) is 23.7 Å². The maximum atomic E-state index is 4.40. The molecule has 1 aliphatic carbocycles. The summed E-state index contributed by atoms with van der Waals surface area (Å²) in [6, 6.07) is 2.64. The summed E-state index contributed by atoms with van der Waals surface area (Å²) in [7, 11) is 0. The molecule has 2 heterocycles. The summed E-state index contributed by atoms with van der Waals surface area (Å²) in [6.07, 6.45) is 5.25. The lowest BCUT2D eigenvalue weighted by Crippen LogP contribution is -2.20. The third-order valence-corrected chi connectivity index (χ3v) is 3.55. The monoisotopic (exact) mass is 230 g/mol. The lowest BCUT2D eigenvalue weighted by atomic mass is 10.2. The lowest BCUT2D eigenvalue weighted by molar-refractivity contribution is 0.541. The van der Waals surface area contributed by atoms with Gasteiger partial charge in [0.2, 0.25) is 0 Å². The molecule has 0 aliphatic heterocycles. The highest BCUT2D eigenvalue weighted by molar-refractivity contribution is 5.38. The fraction of sp³-hybridized carbons (Fsp3) is 0.538. The zero-order valence-electron chi connectivity index (χ0n) is 10.6. The number of nitrogens with one attached hydrogen (secondary N) is 1. The van der Waals surface area contributed by atoms with E-state index in [0.29, 0.717) is 11.5 Å². The van der Waals surface area contributed by atoms with E-state index in [1.165, 1.54) is 12.0 Å². The second-order valence-corrected chi connectivity index (χ2v) is 5.68. The second-order valence-electron chi connectivity index (χ2n) is 5.68. The number of rotatable bonds is 3. The molecule has 0 amide bonds. The van der Waals surface area contributed by atoms with Crippen LogP contribution in [-0.2, 0) is 6.54 Å². The first-order valence-corrected chi connectivity index (χ1v) is 6.09. The summed E-state index contributed by atoms with van der Waals surface area (Å²) in [5.74, 6) is 0. The van der Waals surface area contributed by atoms with Crippen molar-refractivity contribution in [1.82, 2.24) is 19.9 Å². The molecule has 90 valence electrons. The van der Waals surface area contributed by atoms with Crippen molar-refractivity contribution in [3.8, 4) is 0 Å². The van der Waals surface area contributed by atoms with Crippen LogP contribution in [0.4, 0.5) is 0 Å². The van der Waals surface area contributed by atoms with Crippen LogP contribution >= 0.6 is 0 Å². The van der Waals surface area contributed by atoms with E-state index >= 15 is 0 Å². The Kier molecular flexibility index (Phi) is 2.23. The van der Waals surface area contributed by atoms with Crippen molar-refractivity contribution in [3.05, 3.63) is 29.7 Å². The largest absolute Gasteiger partial charge is 0.309 e. The molecule has 1 saturated carbocycles. The minimum atomic E-state index is 0.472. The van der Waals surface area contributed by atoms with Gasteiger partial charge in [0.15, 0.2) is 5.65 Å². The van der Waals surface area contributed by atoms with Crippen molar-refractivity contribution < 1.29 is 0 Å². The van der Waals surface area contributed by atoms with Gasteiger partial charge in [-0.05, 0) is 18.8 Å². The highest BCUT2D eigenvalue weighted by Crippen LogP contribution is 2.44. The van der Waals surface area contributed by atoms with Crippen LogP contribution in [0.5, 0.6) is 0 Å². The van der Waals surface area contributed by atoms with Gasteiger partial charge in [0.05, 0.1) is 5.69 Å². The average molecular weight is 230 g/mol. The molecule has 1 aliphatic rings. The summed E-state index contributed by atoms with van der Waals surface area (Å²) < 4.78 is 1.85. The van der Waals surface area contributed by atoms with E-state index in [2.05, 4.69) is 35.4 Å². The summed E-state index contributed by atoms with van der Waals surface area (Å²) in [5.41, 5.74) is 3.58. The van der Waals surface area contributed by atoms with Gasteiger partial charge in [-0.2, -0.15) is 5.10 Å². The molecule has 4 heteroatoms. The molecule has 2 aromatic heterocycles. The van der Waals surface area contributed by atoms with Gasteiger partial charge in [0.1, 0.15) is 0 Å². The first-order chi connectivity index (χ1) is 8.04. The molecule has 1 N–H and O–H groups in total. The Morgan fingerprint density at radius 1 is 1.53 bits per heavy atom. The molecule has 1 fully saturated rings. The van der Waals surface area contributed by atoms with Crippen LogP contribution in [0, 0.1) is 12.3 Å². The second kappa shape index (κ2) is 3.53. The van der Waals surface area contributed by atoms with Crippen LogP contribution in [-0.4, -0.2) is 20.6 Å². The molecule has 1 atom stereocenters. The number of hydrogen-bond acceptors (Lipinski definition) is 3. The molecule has 4 nitrogen and oxygen atoms in total. The Hall–Kier alpha value is -1.42. The number of aryl methyl sites for hydroxylation is 1. The third kappa shape index (κ3) is 2.05. The van der Waals surface area contributed by atoms with Crippen LogP contribution < -0.4 is 5.32 Å². The van der Waals surface area contributed by atoms with Crippen molar-refractivity contribution in [3.63, 3.8) is 0 Å². The van der Waals surface area contributed by atoms with E-state index in [0.717, 1.165) is 17.9 Å². The standard InChI is InChI=1S/C13H18N4/c1-9-4-12-15-7-10(8-17(12)16-9)6-14-11-5-13(11,2)3/h4,7-8,11,14H,5-6H2,1-3H3. The van der Waals surface area contributed by atoms with E-state index < -0.39 is 0 Å². The highest BCUT2D eigenvalue weighted by Gasteiger charge is 2.44. The first-order valence-electron chi connectivity index (χ1n) is 6.09. The van der Waals surface area contributed by atoms with Gasteiger partial charge < -0.3 is 5.32 Å². The van der Waals surface area contributed by atoms with Crippen LogP contribution in [0.2, 0.25) is 0 Å². The maximum absolute atomic E-state index is 4.40. The van der Waals surface area contributed by atoms with Crippen molar-refractivity contribution in [2.24, 2.45) is 5.41 Å². The molecule has 0 radical (unpaired) electrons. The molecule has 0 spiro atoms. The summed E-state index contributed by atoms with van der Waals surface area (Å²) in [4.78, 5) is 4.40. The van der Waals surface area contributed by atoms with E-state index in [1.54, 1.807) is 0 Å². The predicted octanol–water partition coefficient (Wildman–Crippen LogP) is 1.93. The number of nitrogens with zero attached hydrogens (tertiary/aromatic N) is 3. The fourth-order valence-electron chi connectivity index (χ4n) is 2.18. The Morgan fingerprint density at radius 3 is 3.00 bits per heavy atom. The number of hydrogen-bond donors (Lipinski definition) is 1. The summed E-state index contributed by atoms with van der Waals surface area (Å²) in [6.45, 7) is 7.45. The molecular weight excluding hydrogens is 212 g/mol. The average Bonchev–Trinajstić information content (AvgIpc) is 2.69. The van der Waals surface area contributed by atoms with Gasteiger partial charge in [-0.3, -0.25) is 0 Å². The molecule has 0 saturated heterocycles. The van der Waals surface area contributed by atoms with Gasteiger partial charge in [-0.25, -0.2) is 9.50 Å². The minimum Gasteiger partial charge on any atom is -0.309 e. The topological polar surface area (TPSA) is 42.2 Å². The predicted molar refractivity (Wildman–Crippen MR) is 66.7 cm³/mol. The fourth-order valence-corrected chi connectivity index (χ4v) is 2.18.